The van der Waals surface area contributed by atoms with Gasteiger partial charge in [0.2, 0.25) is 0 Å². The normalized spacial score (nSPS) is 10.3. The van der Waals surface area contributed by atoms with Crippen LogP contribution in [0.5, 0.6) is 0 Å². The van der Waals surface area contributed by atoms with Gasteiger partial charge in [0.15, 0.2) is 0 Å². The third-order valence-corrected chi connectivity index (χ3v) is 4.19. The average Bonchev–Trinajstić information content (AvgIpc) is 2.67. The van der Waals surface area contributed by atoms with Crippen LogP contribution >= 0.6 is 0 Å². The molecule has 0 fully saturated rings. The molecule has 0 unspecified atom stereocenters. The van der Waals surface area contributed by atoms with Gasteiger partial charge in [-0.05, 0) is 54.8 Å². The van der Waals surface area contributed by atoms with E-state index in [9.17, 15) is 9.59 Å². The Morgan fingerprint density at radius 2 is 1.56 bits per heavy atom. The molecule has 3 rings (SSSR count). The Hall–Kier alpha value is -3.47. The van der Waals surface area contributed by atoms with Gasteiger partial charge >= 0.3 is 0 Å². The summed E-state index contributed by atoms with van der Waals surface area (Å²) < 4.78 is 0. The lowest BCUT2D eigenvalue weighted by Gasteiger charge is -2.09. The Bertz CT molecular complexity index is 983. The topological polar surface area (TPSA) is 71.1 Å². The highest BCUT2D eigenvalue weighted by Gasteiger charge is 2.13. The molecule has 1 heterocycles. The number of carbonyl (C=O) groups excluding carboxylic acids is 2. The van der Waals surface area contributed by atoms with Crippen LogP contribution in [0.1, 0.15) is 37.7 Å². The molecule has 5 heteroatoms. The Labute approximate surface area is 158 Å². The second kappa shape index (κ2) is 8.27. The number of hydrogen-bond acceptors (Lipinski definition) is 3. The molecule has 0 saturated heterocycles. The quantitative estimate of drug-likeness (QED) is 0.726. The van der Waals surface area contributed by atoms with Gasteiger partial charge in [-0.3, -0.25) is 9.59 Å². The zero-order valence-corrected chi connectivity index (χ0v) is 15.3. The summed E-state index contributed by atoms with van der Waals surface area (Å²) in [4.78, 5) is 29.0. The van der Waals surface area contributed by atoms with Crippen molar-refractivity contribution in [2.45, 2.75) is 20.4 Å². The summed E-state index contributed by atoms with van der Waals surface area (Å²) in [6.45, 7) is 4.36. The maximum Gasteiger partial charge on any atom is 0.274 e. The molecule has 0 atom stereocenters. The Morgan fingerprint density at radius 1 is 0.852 bits per heavy atom. The fraction of sp³-hybridized carbons (Fsp3) is 0.136. The lowest BCUT2D eigenvalue weighted by molar-refractivity contribution is 0.0945. The van der Waals surface area contributed by atoms with Crippen LogP contribution in [0.2, 0.25) is 0 Å². The molecular weight excluding hydrogens is 338 g/mol. The number of aryl methyl sites for hydroxylation is 2. The molecular formula is C22H21N3O2. The second-order valence-corrected chi connectivity index (χ2v) is 6.34. The maximum atomic E-state index is 12.4. The van der Waals surface area contributed by atoms with Gasteiger partial charge in [0.25, 0.3) is 11.8 Å². The second-order valence-electron chi connectivity index (χ2n) is 6.34. The Morgan fingerprint density at radius 3 is 2.30 bits per heavy atom. The van der Waals surface area contributed by atoms with Crippen LogP contribution < -0.4 is 10.6 Å². The molecule has 0 radical (unpaired) electrons. The Kier molecular flexibility index (Phi) is 5.61. The number of benzene rings is 2. The Balaban J connectivity index is 1.68. The van der Waals surface area contributed by atoms with E-state index in [2.05, 4.69) is 15.6 Å². The third-order valence-electron chi connectivity index (χ3n) is 4.19. The predicted molar refractivity (Wildman–Crippen MR) is 106 cm³/mol. The van der Waals surface area contributed by atoms with E-state index in [0.717, 1.165) is 16.7 Å². The van der Waals surface area contributed by atoms with E-state index in [0.29, 0.717) is 12.2 Å². The molecule has 2 aromatic carbocycles. The number of anilines is 1. The number of rotatable bonds is 5. The van der Waals surface area contributed by atoms with Crippen molar-refractivity contribution in [1.29, 1.82) is 0 Å². The largest absolute Gasteiger partial charge is 0.347 e. The summed E-state index contributed by atoms with van der Waals surface area (Å²) in [6, 6.07) is 20.2. The number of pyridine rings is 1. The summed E-state index contributed by atoms with van der Waals surface area (Å²) >= 11 is 0. The molecule has 0 bridgehead atoms. The smallest absolute Gasteiger partial charge is 0.274 e. The van der Waals surface area contributed by atoms with Crippen molar-refractivity contribution in [2.75, 3.05) is 5.32 Å². The fourth-order valence-corrected chi connectivity index (χ4v) is 2.68. The SMILES string of the molecule is Cc1cccc(NC(=O)c2cccc(C(=O)NCc3ccccc3C)n2)c1. The minimum Gasteiger partial charge on any atom is -0.347 e. The van der Waals surface area contributed by atoms with Crippen LogP contribution in [0, 0.1) is 13.8 Å². The maximum absolute atomic E-state index is 12.4. The number of amides is 2. The average molecular weight is 359 g/mol. The van der Waals surface area contributed by atoms with Crippen LogP contribution in [0.3, 0.4) is 0 Å². The number of nitrogens with zero attached hydrogens (tertiary/aromatic N) is 1. The number of aromatic nitrogens is 1. The highest BCUT2D eigenvalue weighted by molar-refractivity contribution is 6.03. The van der Waals surface area contributed by atoms with Gasteiger partial charge < -0.3 is 10.6 Å². The van der Waals surface area contributed by atoms with Crippen LogP contribution in [-0.2, 0) is 6.54 Å². The summed E-state index contributed by atoms with van der Waals surface area (Å²) in [5, 5.41) is 5.64. The molecule has 1 aromatic heterocycles. The van der Waals surface area contributed by atoms with Gasteiger partial charge in [0.1, 0.15) is 11.4 Å². The monoisotopic (exact) mass is 359 g/mol. The van der Waals surface area contributed by atoms with E-state index in [1.165, 1.54) is 0 Å². The molecule has 0 spiro atoms. The minimum absolute atomic E-state index is 0.194. The first-order valence-corrected chi connectivity index (χ1v) is 8.71. The molecule has 0 saturated carbocycles. The number of nitrogens with one attached hydrogen (secondary N) is 2. The highest BCUT2D eigenvalue weighted by atomic mass is 16.2. The van der Waals surface area contributed by atoms with E-state index in [1.807, 2.05) is 62.4 Å². The molecule has 2 N–H and O–H groups in total. The third kappa shape index (κ3) is 4.79. The van der Waals surface area contributed by atoms with Gasteiger partial charge in [-0.25, -0.2) is 4.98 Å². The lowest BCUT2D eigenvalue weighted by atomic mass is 10.1. The molecule has 0 aliphatic heterocycles. The zero-order chi connectivity index (χ0) is 19.2. The van der Waals surface area contributed by atoms with Crippen molar-refractivity contribution in [1.82, 2.24) is 10.3 Å². The first kappa shape index (κ1) is 18.3. The van der Waals surface area contributed by atoms with E-state index in [4.69, 9.17) is 0 Å². The van der Waals surface area contributed by atoms with Crippen molar-refractivity contribution in [3.63, 3.8) is 0 Å². The van der Waals surface area contributed by atoms with Crippen LogP contribution in [-0.4, -0.2) is 16.8 Å². The molecule has 0 aliphatic carbocycles. The van der Waals surface area contributed by atoms with Crippen molar-refractivity contribution in [3.8, 4) is 0 Å². The van der Waals surface area contributed by atoms with Gasteiger partial charge in [0, 0.05) is 12.2 Å². The van der Waals surface area contributed by atoms with Crippen LogP contribution in [0.4, 0.5) is 5.69 Å². The van der Waals surface area contributed by atoms with Crippen molar-refractivity contribution in [3.05, 3.63) is 94.8 Å². The van der Waals surface area contributed by atoms with Crippen molar-refractivity contribution in [2.24, 2.45) is 0 Å². The van der Waals surface area contributed by atoms with E-state index in [-0.39, 0.29) is 23.2 Å². The summed E-state index contributed by atoms with van der Waals surface area (Å²) in [5.74, 6) is -0.669. The lowest BCUT2D eigenvalue weighted by Crippen LogP contribution is -2.25. The minimum atomic E-state index is -0.353. The molecule has 0 aliphatic rings. The van der Waals surface area contributed by atoms with Crippen LogP contribution in [0.15, 0.2) is 66.7 Å². The van der Waals surface area contributed by atoms with Crippen molar-refractivity contribution < 1.29 is 9.59 Å². The molecule has 3 aromatic rings. The highest BCUT2D eigenvalue weighted by Crippen LogP contribution is 2.11. The first-order chi connectivity index (χ1) is 13.0. The van der Waals surface area contributed by atoms with Gasteiger partial charge in [0.05, 0.1) is 0 Å². The first-order valence-electron chi connectivity index (χ1n) is 8.71. The molecule has 2 amide bonds. The number of hydrogen-bond donors (Lipinski definition) is 2. The molecule has 5 nitrogen and oxygen atoms in total. The van der Waals surface area contributed by atoms with Gasteiger partial charge in [-0.2, -0.15) is 0 Å². The summed E-state index contributed by atoms with van der Waals surface area (Å²) in [7, 11) is 0. The predicted octanol–water partition coefficient (Wildman–Crippen LogP) is 3.88. The summed E-state index contributed by atoms with van der Waals surface area (Å²) in [5.41, 5.74) is 4.29. The standard InChI is InChI=1S/C22H21N3O2/c1-15-7-5-10-18(13-15)24-22(27)20-12-6-11-19(25-20)21(26)23-14-17-9-4-3-8-16(17)2/h3-13H,14H2,1-2H3,(H,23,26)(H,24,27). The molecule has 136 valence electrons. The van der Waals surface area contributed by atoms with Crippen LogP contribution in [0.25, 0.3) is 0 Å². The molecule has 27 heavy (non-hydrogen) atoms. The van der Waals surface area contributed by atoms with E-state index >= 15 is 0 Å². The van der Waals surface area contributed by atoms with Crippen molar-refractivity contribution >= 4 is 17.5 Å². The number of carbonyl (C=O) groups is 2. The zero-order valence-electron chi connectivity index (χ0n) is 15.3. The van der Waals surface area contributed by atoms with Gasteiger partial charge in [-0.15, -0.1) is 0 Å². The van der Waals surface area contributed by atoms with Gasteiger partial charge in [-0.1, -0.05) is 42.5 Å². The van der Waals surface area contributed by atoms with E-state index < -0.39 is 0 Å². The fourth-order valence-electron chi connectivity index (χ4n) is 2.68. The van der Waals surface area contributed by atoms with E-state index in [1.54, 1.807) is 18.2 Å². The summed E-state index contributed by atoms with van der Waals surface area (Å²) in [6.07, 6.45) is 0.